The van der Waals surface area contributed by atoms with Crippen LogP contribution in [0.1, 0.15) is 25.7 Å². The highest BCUT2D eigenvalue weighted by Crippen LogP contribution is 2.22. The minimum atomic E-state index is -0.175. The van der Waals surface area contributed by atoms with Crippen LogP contribution in [0, 0.1) is 0 Å². The summed E-state index contributed by atoms with van der Waals surface area (Å²) in [7, 11) is 0. The fourth-order valence-electron chi connectivity index (χ4n) is 3.06. The second kappa shape index (κ2) is 11.2. The molecule has 30 heavy (non-hydrogen) atoms. The Morgan fingerprint density at radius 3 is 2.57 bits per heavy atom. The number of nitrogens with zero attached hydrogens (tertiary/aromatic N) is 2. The molecule has 3 aromatic rings. The molecule has 2 aromatic carbocycles. The van der Waals surface area contributed by atoms with Crippen LogP contribution >= 0.6 is 23.4 Å². The second-order valence-corrected chi connectivity index (χ2v) is 8.25. The van der Waals surface area contributed by atoms with Gasteiger partial charge in [0.05, 0.1) is 22.3 Å². The number of nitrogens with two attached hydrogens (primary N) is 1. The fourth-order valence-corrected chi connectivity index (χ4v) is 4.03. The van der Waals surface area contributed by atoms with Crippen LogP contribution in [0.3, 0.4) is 0 Å². The minimum Gasteiger partial charge on any atom is -0.355 e. The Bertz CT molecular complexity index is 1050. The maximum absolute atomic E-state index is 13.1. The topological polar surface area (TPSA) is 90.0 Å². The lowest BCUT2D eigenvalue weighted by molar-refractivity contribution is -0.118. The molecule has 6 nitrogen and oxygen atoms in total. The smallest absolute Gasteiger partial charge is 0.266 e. The van der Waals surface area contributed by atoms with Gasteiger partial charge in [-0.2, -0.15) is 0 Å². The number of hydrogen-bond donors (Lipinski definition) is 2. The summed E-state index contributed by atoms with van der Waals surface area (Å²) >= 11 is 7.24. The Morgan fingerprint density at radius 2 is 1.80 bits per heavy atom. The van der Waals surface area contributed by atoms with Gasteiger partial charge in [-0.05, 0) is 55.8 Å². The first-order valence-corrected chi connectivity index (χ1v) is 11.3. The lowest BCUT2D eigenvalue weighted by atomic mass is 10.2. The summed E-state index contributed by atoms with van der Waals surface area (Å²) in [6, 6.07) is 14.2. The molecule has 0 aliphatic heterocycles. The van der Waals surface area contributed by atoms with Crippen molar-refractivity contribution in [2.75, 3.05) is 18.8 Å². The largest absolute Gasteiger partial charge is 0.355 e. The SMILES string of the molecule is NCCCCCCNC(=O)CSc1nc2ccccc2c(=O)n1-c1ccc(Cl)cc1. The van der Waals surface area contributed by atoms with Gasteiger partial charge in [0.25, 0.3) is 5.56 Å². The number of fused-ring (bicyclic) bond motifs is 1. The van der Waals surface area contributed by atoms with E-state index in [1.54, 1.807) is 36.4 Å². The highest BCUT2D eigenvalue weighted by Gasteiger charge is 2.14. The van der Waals surface area contributed by atoms with Crippen LogP contribution in [-0.4, -0.2) is 34.3 Å². The van der Waals surface area contributed by atoms with Crippen molar-refractivity contribution < 1.29 is 4.79 Å². The predicted molar refractivity (Wildman–Crippen MR) is 124 cm³/mol. The lowest BCUT2D eigenvalue weighted by Crippen LogP contribution is -2.27. The van der Waals surface area contributed by atoms with Gasteiger partial charge >= 0.3 is 0 Å². The van der Waals surface area contributed by atoms with Crippen LogP contribution in [0.15, 0.2) is 58.5 Å². The number of rotatable bonds is 10. The molecule has 1 heterocycles. The van der Waals surface area contributed by atoms with Crippen molar-refractivity contribution >= 4 is 40.2 Å². The van der Waals surface area contributed by atoms with E-state index in [2.05, 4.69) is 10.3 Å². The molecule has 0 radical (unpaired) electrons. The van der Waals surface area contributed by atoms with Crippen molar-refractivity contribution in [2.24, 2.45) is 5.73 Å². The Labute approximate surface area is 184 Å². The molecule has 3 rings (SSSR count). The number of para-hydroxylation sites is 1. The molecule has 1 aromatic heterocycles. The predicted octanol–water partition coefficient (Wildman–Crippen LogP) is 3.77. The van der Waals surface area contributed by atoms with Gasteiger partial charge in [0.1, 0.15) is 0 Å². The van der Waals surface area contributed by atoms with Crippen LogP contribution < -0.4 is 16.6 Å². The van der Waals surface area contributed by atoms with Gasteiger partial charge in [-0.1, -0.05) is 48.3 Å². The van der Waals surface area contributed by atoms with E-state index in [4.69, 9.17) is 17.3 Å². The Morgan fingerprint density at radius 1 is 1.07 bits per heavy atom. The molecule has 158 valence electrons. The van der Waals surface area contributed by atoms with Crippen LogP contribution in [0.5, 0.6) is 0 Å². The number of carbonyl (C=O) groups excluding carboxylic acids is 1. The standard InChI is InChI=1S/C22H25ClN4O2S/c23-16-9-11-17(12-10-16)27-21(29)18-7-3-4-8-19(18)26-22(27)30-15-20(28)25-14-6-2-1-5-13-24/h3-4,7-12H,1-2,5-6,13-15,24H2,(H,25,28). The van der Waals surface area contributed by atoms with E-state index in [9.17, 15) is 9.59 Å². The van der Waals surface area contributed by atoms with E-state index < -0.39 is 0 Å². The highest BCUT2D eigenvalue weighted by molar-refractivity contribution is 7.99. The Hall–Kier alpha value is -2.35. The molecular formula is C22H25ClN4O2S. The maximum atomic E-state index is 13.1. The quantitative estimate of drug-likeness (QED) is 0.282. The number of nitrogens with one attached hydrogen (secondary N) is 1. The number of carbonyl (C=O) groups is 1. The third-order valence-corrected chi connectivity index (χ3v) is 5.81. The molecule has 1 amide bonds. The number of thioether (sulfide) groups is 1. The normalized spacial score (nSPS) is 11.0. The molecular weight excluding hydrogens is 420 g/mol. The van der Waals surface area contributed by atoms with Crippen molar-refractivity contribution in [3.8, 4) is 5.69 Å². The molecule has 8 heteroatoms. The molecule has 0 spiro atoms. The first kappa shape index (κ1) is 22.3. The summed E-state index contributed by atoms with van der Waals surface area (Å²) in [4.78, 5) is 30.0. The van der Waals surface area contributed by atoms with Crippen LogP contribution in [0.25, 0.3) is 16.6 Å². The van der Waals surface area contributed by atoms with Crippen molar-refractivity contribution in [3.63, 3.8) is 0 Å². The van der Waals surface area contributed by atoms with Gasteiger partial charge in [-0.15, -0.1) is 0 Å². The zero-order chi connectivity index (χ0) is 21.3. The summed E-state index contributed by atoms with van der Waals surface area (Å²) < 4.78 is 1.53. The highest BCUT2D eigenvalue weighted by atomic mass is 35.5. The van der Waals surface area contributed by atoms with E-state index in [-0.39, 0.29) is 17.2 Å². The Balaban J connectivity index is 1.76. The Kier molecular flexibility index (Phi) is 8.30. The second-order valence-electron chi connectivity index (χ2n) is 6.87. The molecule has 0 aliphatic carbocycles. The number of aromatic nitrogens is 2. The van der Waals surface area contributed by atoms with Gasteiger partial charge in [0, 0.05) is 11.6 Å². The van der Waals surface area contributed by atoms with Gasteiger partial charge in [-0.25, -0.2) is 4.98 Å². The molecule has 0 fully saturated rings. The third-order valence-electron chi connectivity index (χ3n) is 4.62. The third kappa shape index (κ3) is 5.84. The van der Waals surface area contributed by atoms with Crippen LogP contribution in [-0.2, 0) is 4.79 Å². The van der Waals surface area contributed by atoms with E-state index in [0.717, 1.165) is 25.7 Å². The monoisotopic (exact) mass is 444 g/mol. The van der Waals surface area contributed by atoms with Gasteiger partial charge in [-0.3, -0.25) is 14.2 Å². The maximum Gasteiger partial charge on any atom is 0.266 e. The number of hydrogen-bond acceptors (Lipinski definition) is 5. The van der Waals surface area contributed by atoms with Crippen molar-refractivity contribution in [1.29, 1.82) is 0 Å². The number of unbranched alkanes of at least 4 members (excludes halogenated alkanes) is 3. The van der Waals surface area contributed by atoms with Gasteiger partial charge in [0.2, 0.25) is 5.91 Å². The van der Waals surface area contributed by atoms with E-state index in [1.807, 2.05) is 12.1 Å². The molecule has 0 saturated carbocycles. The average molecular weight is 445 g/mol. The van der Waals surface area contributed by atoms with Crippen molar-refractivity contribution in [1.82, 2.24) is 14.9 Å². The summed E-state index contributed by atoms with van der Waals surface area (Å²) in [5, 5.41) is 4.51. The first-order chi connectivity index (χ1) is 14.6. The molecule has 0 aliphatic rings. The summed E-state index contributed by atoms with van der Waals surface area (Å²) in [5.41, 5.74) is 6.57. The zero-order valence-electron chi connectivity index (χ0n) is 16.6. The van der Waals surface area contributed by atoms with Gasteiger partial charge < -0.3 is 11.1 Å². The molecule has 0 unspecified atom stereocenters. The zero-order valence-corrected chi connectivity index (χ0v) is 18.2. The number of halogens is 1. The van der Waals surface area contributed by atoms with E-state index in [1.165, 1.54) is 16.3 Å². The summed E-state index contributed by atoms with van der Waals surface area (Å²) in [5.74, 6) is 0.102. The molecule has 0 atom stereocenters. The number of benzene rings is 2. The van der Waals surface area contributed by atoms with Crippen molar-refractivity contribution in [3.05, 3.63) is 63.9 Å². The number of amides is 1. The average Bonchev–Trinajstić information content (AvgIpc) is 2.76. The van der Waals surface area contributed by atoms with E-state index in [0.29, 0.717) is 39.9 Å². The van der Waals surface area contributed by atoms with Gasteiger partial charge in [0.15, 0.2) is 5.16 Å². The fraction of sp³-hybridized carbons (Fsp3) is 0.318. The minimum absolute atomic E-state index is 0.0797. The van der Waals surface area contributed by atoms with E-state index >= 15 is 0 Å². The first-order valence-electron chi connectivity index (χ1n) is 9.97. The van der Waals surface area contributed by atoms with Crippen LogP contribution in [0.4, 0.5) is 0 Å². The molecule has 0 bridgehead atoms. The summed E-state index contributed by atoms with van der Waals surface area (Å²) in [6.07, 6.45) is 4.07. The lowest BCUT2D eigenvalue weighted by Gasteiger charge is -2.13. The molecule has 3 N–H and O–H groups in total. The van der Waals surface area contributed by atoms with Crippen molar-refractivity contribution in [2.45, 2.75) is 30.8 Å². The summed E-state index contributed by atoms with van der Waals surface area (Å²) in [6.45, 7) is 1.34. The molecule has 0 saturated heterocycles. The van der Waals surface area contributed by atoms with Crippen LogP contribution in [0.2, 0.25) is 5.02 Å².